The lowest BCUT2D eigenvalue weighted by atomic mass is 10.1. The predicted octanol–water partition coefficient (Wildman–Crippen LogP) is -0.0137. The Bertz CT molecular complexity index is 539. The van der Waals surface area contributed by atoms with Crippen molar-refractivity contribution in [1.29, 1.82) is 0 Å². The zero-order chi connectivity index (χ0) is 13.3. The largest absolute Gasteiger partial charge is 0.482 e. The van der Waals surface area contributed by atoms with Gasteiger partial charge in [0.05, 0.1) is 5.69 Å². The number of nitrogens with zero attached hydrogens (tertiary/aromatic N) is 1. The number of fused-ring (bicyclic) bond motifs is 1. The number of amides is 2. The lowest BCUT2D eigenvalue weighted by molar-refractivity contribution is -0.138. The molecule has 0 aliphatic carbocycles. The van der Waals surface area contributed by atoms with Crippen LogP contribution in [0.25, 0.3) is 0 Å². The molecular formula is C12H12N2O4. The Morgan fingerprint density at radius 3 is 2.78 bits per heavy atom. The van der Waals surface area contributed by atoms with Crippen LogP contribution in [0.5, 0.6) is 5.75 Å². The van der Waals surface area contributed by atoms with Crippen LogP contribution in [0.4, 0.5) is 5.69 Å². The highest BCUT2D eigenvalue weighted by Gasteiger charge is 2.32. The van der Waals surface area contributed by atoms with E-state index in [1.165, 1.54) is 0 Å². The van der Waals surface area contributed by atoms with Gasteiger partial charge in [0.25, 0.3) is 5.91 Å². The Balaban J connectivity index is 2.52. The number of imide groups is 1. The van der Waals surface area contributed by atoms with Gasteiger partial charge in [-0.1, -0.05) is 6.07 Å². The first-order valence-electron chi connectivity index (χ1n) is 5.38. The van der Waals surface area contributed by atoms with Crippen LogP contribution in [-0.4, -0.2) is 24.2 Å². The molecule has 0 aromatic heterocycles. The molecule has 0 radical (unpaired) electrons. The van der Waals surface area contributed by atoms with Crippen molar-refractivity contribution in [2.75, 3.05) is 11.5 Å². The molecule has 0 saturated carbocycles. The molecule has 1 aliphatic rings. The molecule has 94 valence electrons. The first-order valence-corrected chi connectivity index (χ1v) is 5.38. The second kappa shape index (κ2) is 4.58. The molecule has 6 nitrogen and oxygen atoms in total. The van der Waals surface area contributed by atoms with Crippen molar-refractivity contribution in [1.82, 2.24) is 0 Å². The summed E-state index contributed by atoms with van der Waals surface area (Å²) in [6.07, 6.45) is 0. The number of nitrogens with two attached hydrogens (primary N) is 1. The van der Waals surface area contributed by atoms with Crippen molar-refractivity contribution < 1.29 is 19.1 Å². The SMILES string of the molecule is CC(=O)C(=O)N1C(=O)COc2ccc(CN)cc21. The molecule has 0 fully saturated rings. The molecule has 1 aromatic rings. The number of Topliss-reactive ketones (excluding diaryl/α,β-unsaturated/α-hetero) is 1. The number of benzene rings is 1. The highest BCUT2D eigenvalue weighted by molar-refractivity contribution is 6.45. The number of rotatable bonds is 2. The van der Waals surface area contributed by atoms with E-state index >= 15 is 0 Å². The second-order valence-electron chi connectivity index (χ2n) is 3.89. The predicted molar refractivity (Wildman–Crippen MR) is 63.0 cm³/mol. The summed E-state index contributed by atoms with van der Waals surface area (Å²) in [6.45, 7) is 1.13. The fourth-order valence-corrected chi connectivity index (χ4v) is 1.71. The Hall–Kier alpha value is -2.21. The summed E-state index contributed by atoms with van der Waals surface area (Å²) in [4.78, 5) is 35.4. The quantitative estimate of drug-likeness (QED) is 0.743. The first kappa shape index (κ1) is 12.3. The van der Waals surface area contributed by atoms with E-state index < -0.39 is 17.6 Å². The molecule has 1 aliphatic heterocycles. The molecule has 2 N–H and O–H groups in total. The molecule has 2 amide bonds. The van der Waals surface area contributed by atoms with Gasteiger partial charge in [-0.3, -0.25) is 14.4 Å². The highest BCUT2D eigenvalue weighted by atomic mass is 16.5. The zero-order valence-electron chi connectivity index (χ0n) is 9.80. The maximum Gasteiger partial charge on any atom is 0.301 e. The van der Waals surface area contributed by atoms with Gasteiger partial charge in [-0.15, -0.1) is 0 Å². The fourth-order valence-electron chi connectivity index (χ4n) is 1.71. The summed E-state index contributed by atoms with van der Waals surface area (Å²) < 4.78 is 5.20. The smallest absolute Gasteiger partial charge is 0.301 e. The average molecular weight is 248 g/mol. The first-order chi connectivity index (χ1) is 8.54. The van der Waals surface area contributed by atoms with Gasteiger partial charge in [0.15, 0.2) is 6.61 Å². The minimum Gasteiger partial charge on any atom is -0.482 e. The number of ketones is 1. The van der Waals surface area contributed by atoms with Crippen LogP contribution in [0, 0.1) is 0 Å². The standard InChI is InChI=1S/C12H12N2O4/c1-7(15)12(17)14-9-4-8(5-13)2-3-10(9)18-6-11(14)16/h2-4H,5-6,13H2,1H3. The third kappa shape index (κ3) is 1.98. The average Bonchev–Trinajstić information content (AvgIpc) is 2.37. The molecule has 0 spiro atoms. The topological polar surface area (TPSA) is 89.7 Å². The molecule has 0 atom stereocenters. The van der Waals surface area contributed by atoms with Crippen molar-refractivity contribution in [2.45, 2.75) is 13.5 Å². The van der Waals surface area contributed by atoms with Crippen LogP contribution >= 0.6 is 0 Å². The molecule has 0 unspecified atom stereocenters. The molecule has 1 heterocycles. The highest BCUT2D eigenvalue weighted by Crippen LogP contribution is 2.33. The maximum absolute atomic E-state index is 11.7. The third-order valence-corrected chi connectivity index (χ3v) is 2.60. The van der Waals surface area contributed by atoms with Gasteiger partial charge >= 0.3 is 5.91 Å². The van der Waals surface area contributed by atoms with Gasteiger partial charge in [0, 0.05) is 13.5 Å². The molecule has 0 bridgehead atoms. The number of hydrogen-bond acceptors (Lipinski definition) is 5. The van der Waals surface area contributed by atoms with Gasteiger partial charge in [-0.05, 0) is 17.7 Å². The minimum atomic E-state index is -0.862. The molecule has 18 heavy (non-hydrogen) atoms. The zero-order valence-corrected chi connectivity index (χ0v) is 9.80. The number of hydrogen-bond donors (Lipinski definition) is 1. The lowest BCUT2D eigenvalue weighted by Gasteiger charge is -2.27. The van der Waals surface area contributed by atoms with Crippen LogP contribution in [-0.2, 0) is 20.9 Å². The van der Waals surface area contributed by atoms with Crippen LogP contribution in [0.3, 0.4) is 0 Å². The van der Waals surface area contributed by atoms with E-state index in [4.69, 9.17) is 10.5 Å². The van der Waals surface area contributed by atoms with E-state index in [1.54, 1.807) is 18.2 Å². The summed E-state index contributed by atoms with van der Waals surface area (Å²) in [5, 5.41) is 0. The van der Waals surface area contributed by atoms with Gasteiger partial charge in [0.2, 0.25) is 5.78 Å². The van der Waals surface area contributed by atoms with Gasteiger partial charge < -0.3 is 10.5 Å². The van der Waals surface area contributed by atoms with Crippen LogP contribution in [0.15, 0.2) is 18.2 Å². The van der Waals surface area contributed by atoms with Crippen LogP contribution in [0.2, 0.25) is 0 Å². The van der Waals surface area contributed by atoms with E-state index in [-0.39, 0.29) is 18.8 Å². The van der Waals surface area contributed by atoms with E-state index in [2.05, 4.69) is 0 Å². The number of carbonyl (C=O) groups is 3. The molecule has 6 heteroatoms. The summed E-state index contributed by atoms with van der Waals surface area (Å²) in [7, 11) is 0. The third-order valence-electron chi connectivity index (χ3n) is 2.60. The Labute approximate surface area is 103 Å². The Morgan fingerprint density at radius 2 is 2.17 bits per heavy atom. The molecule has 1 aromatic carbocycles. The van der Waals surface area contributed by atoms with Crippen LogP contribution < -0.4 is 15.4 Å². The summed E-state index contributed by atoms with van der Waals surface area (Å²) >= 11 is 0. The molecule has 0 saturated heterocycles. The molecular weight excluding hydrogens is 236 g/mol. The fraction of sp³-hybridized carbons (Fsp3) is 0.250. The van der Waals surface area contributed by atoms with Crippen molar-refractivity contribution in [3.63, 3.8) is 0 Å². The Kier molecular flexibility index (Phi) is 3.12. The van der Waals surface area contributed by atoms with E-state index in [1.807, 2.05) is 0 Å². The van der Waals surface area contributed by atoms with Crippen molar-refractivity contribution in [2.24, 2.45) is 5.73 Å². The van der Waals surface area contributed by atoms with E-state index in [9.17, 15) is 14.4 Å². The maximum atomic E-state index is 11.7. The Morgan fingerprint density at radius 1 is 1.44 bits per heavy atom. The summed E-state index contributed by atoms with van der Waals surface area (Å²) in [5.74, 6) is -1.73. The van der Waals surface area contributed by atoms with Crippen molar-refractivity contribution in [3.05, 3.63) is 23.8 Å². The van der Waals surface area contributed by atoms with Gasteiger partial charge in [0.1, 0.15) is 5.75 Å². The van der Waals surface area contributed by atoms with Gasteiger partial charge in [-0.2, -0.15) is 0 Å². The van der Waals surface area contributed by atoms with E-state index in [0.29, 0.717) is 5.75 Å². The van der Waals surface area contributed by atoms with Crippen molar-refractivity contribution in [3.8, 4) is 5.75 Å². The minimum absolute atomic E-state index is 0.256. The monoisotopic (exact) mass is 248 g/mol. The number of carbonyl (C=O) groups excluding carboxylic acids is 3. The number of anilines is 1. The van der Waals surface area contributed by atoms with E-state index in [0.717, 1.165) is 17.4 Å². The van der Waals surface area contributed by atoms with Crippen molar-refractivity contribution >= 4 is 23.3 Å². The summed E-state index contributed by atoms with van der Waals surface area (Å²) in [5.41, 5.74) is 6.52. The van der Waals surface area contributed by atoms with Gasteiger partial charge in [-0.25, -0.2) is 4.90 Å². The normalized spacial score (nSPS) is 13.9. The van der Waals surface area contributed by atoms with Crippen LogP contribution in [0.1, 0.15) is 12.5 Å². The summed E-state index contributed by atoms with van der Waals surface area (Å²) in [6, 6.07) is 4.95. The lowest BCUT2D eigenvalue weighted by Crippen LogP contribution is -2.45. The second-order valence-corrected chi connectivity index (χ2v) is 3.89. The molecule has 2 rings (SSSR count). The number of ether oxygens (including phenoxy) is 1.